The van der Waals surface area contributed by atoms with Crippen molar-refractivity contribution in [1.29, 1.82) is 0 Å². The monoisotopic (exact) mass is 273 g/mol. The number of rotatable bonds is 1. The fourth-order valence-corrected chi connectivity index (χ4v) is 3.41. The van der Waals surface area contributed by atoms with Gasteiger partial charge in [0.05, 0.1) is 6.61 Å². The molecular weight excluding hydrogens is 254 g/mol. The van der Waals surface area contributed by atoms with Gasteiger partial charge in [-0.3, -0.25) is 0 Å². The lowest BCUT2D eigenvalue weighted by atomic mass is 10.0. The van der Waals surface area contributed by atoms with E-state index in [1.54, 1.807) is 0 Å². The van der Waals surface area contributed by atoms with E-state index in [1.165, 1.54) is 16.0 Å². The first kappa shape index (κ1) is 12.9. The highest BCUT2D eigenvalue weighted by atomic mass is 32.1. The summed E-state index contributed by atoms with van der Waals surface area (Å²) in [4.78, 5) is 3.80. The number of fused-ring (bicyclic) bond motifs is 1. The van der Waals surface area contributed by atoms with Gasteiger partial charge in [0.1, 0.15) is 6.10 Å². The van der Waals surface area contributed by atoms with E-state index in [9.17, 15) is 0 Å². The van der Waals surface area contributed by atoms with Crippen LogP contribution in [0.3, 0.4) is 0 Å². The highest BCUT2D eigenvalue weighted by molar-refractivity contribution is 7.10. The Hall–Kier alpha value is -1.16. The van der Waals surface area contributed by atoms with Gasteiger partial charge in [0, 0.05) is 18.0 Å². The Kier molecular flexibility index (Phi) is 3.97. The zero-order valence-corrected chi connectivity index (χ0v) is 12.0. The van der Waals surface area contributed by atoms with Crippen LogP contribution < -0.4 is 0 Å². The van der Waals surface area contributed by atoms with Crippen LogP contribution in [0.25, 0.3) is 0 Å². The number of benzene rings is 1. The van der Waals surface area contributed by atoms with Crippen LogP contribution in [0.1, 0.15) is 22.1 Å². The molecule has 2 nitrogen and oxygen atoms in total. The van der Waals surface area contributed by atoms with Crippen LogP contribution in [0.5, 0.6) is 0 Å². The van der Waals surface area contributed by atoms with Gasteiger partial charge in [0.25, 0.3) is 0 Å². The SMILES string of the molecule is CN1CCOC(c2ccccc2)c2ccsc2CC1. The van der Waals surface area contributed by atoms with Crippen molar-refractivity contribution in [3.63, 3.8) is 0 Å². The number of ether oxygens (including phenoxy) is 1. The van der Waals surface area contributed by atoms with Crippen molar-refractivity contribution in [3.8, 4) is 0 Å². The summed E-state index contributed by atoms with van der Waals surface area (Å²) in [5, 5.41) is 2.19. The van der Waals surface area contributed by atoms with E-state index in [0.29, 0.717) is 0 Å². The fraction of sp³-hybridized carbons (Fsp3) is 0.375. The van der Waals surface area contributed by atoms with Crippen molar-refractivity contribution in [3.05, 3.63) is 57.8 Å². The van der Waals surface area contributed by atoms with E-state index >= 15 is 0 Å². The first-order chi connectivity index (χ1) is 9.34. The van der Waals surface area contributed by atoms with Crippen LogP contribution in [0.15, 0.2) is 41.8 Å². The summed E-state index contributed by atoms with van der Waals surface area (Å²) in [6.07, 6.45) is 1.21. The normalized spacial score (nSPS) is 21.2. The van der Waals surface area contributed by atoms with E-state index in [2.05, 4.69) is 53.7 Å². The zero-order valence-electron chi connectivity index (χ0n) is 11.2. The van der Waals surface area contributed by atoms with Crippen molar-refractivity contribution >= 4 is 11.3 Å². The fourth-order valence-electron chi connectivity index (χ4n) is 2.51. The molecule has 1 atom stereocenters. The summed E-state index contributed by atoms with van der Waals surface area (Å²) >= 11 is 1.85. The zero-order chi connectivity index (χ0) is 13.1. The van der Waals surface area contributed by atoms with Crippen LogP contribution >= 0.6 is 11.3 Å². The third-order valence-electron chi connectivity index (χ3n) is 3.64. The van der Waals surface area contributed by atoms with E-state index in [-0.39, 0.29) is 6.10 Å². The first-order valence-corrected chi connectivity index (χ1v) is 7.64. The molecule has 19 heavy (non-hydrogen) atoms. The Bertz CT molecular complexity index is 523. The minimum Gasteiger partial charge on any atom is -0.367 e. The maximum Gasteiger partial charge on any atom is 0.109 e. The lowest BCUT2D eigenvalue weighted by Gasteiger charge is -2.19. The van der Waals surface area contributed by atoms with E-state index in [1.807, 2.05) is 11.3 Å². The smallest absolute Gasteiger partial charge is 0.109 e. The molecule has 3 heteroatoms. The summed E-state index contributed by atoms with van der Waals surface area (Å²) in [6, 6.07) is 12.8. The van der Waals surface area contributed by atoms with E-state index < -0.39 is 0 Å². The third kappa shape index (κ3) is 2.89. The Balaban J connectivity index is 1.96. The number of hydrogen-bond donors (Lipinski definition) is 0. The van der Waals surface area contributed by atoms with Crippen LogP contribution in [0.4, 0.5) is 0 Å². The lowest BCUT2D eigenvalue weighted by Crippen LogP contribution is -2.24. The van der Waals surface area contributed by atoms with Gasteiger partial charge < -0.3 is 9.64 Å². The number of nitrogens with zero attached hydrogens (tertiary/aromatic N) is 1. The molecule has 2 aromatic rings. The Morgan fingerprint density at radius 2 is 2.00 bits per heavy atom. The Labute approximate surface area is 118 Å². The molecule has 0 amide bonds. The van der Waals surface area contributed by atoms with Crippen LogP contribution in [0, 0.1) is 0 Å². The van der Waals surface area contributed by atoms with Crippen molar-refractivity contribution in [2.24, 2.45) is 0 Å². The average molecular weight is 273 g/mol. The van der Waals surface area contributed by atoms with Gasteiger partial charge in [-0.1, -0.05) is 30.3 Å². The molecular formula is C16H19NOS. The lowest BCUT2D eigenvalue weighted by molar-refractivity contribution is 0.0679. The number of likely N-dealkylation sites (N-methyl/N-ethyl adjacent to an activating group) is 1. The molecule has 1 unspecified atom stereocenters. The first-order valence-electron chi connectivity index (χ1n) is 6.76. The molecule has 0 bridgehead atoms. The van der Waals surface area contributed by atoms with Crippen LogP contribution in [0.2, 0.25) is 0 Å². The number of thiophene rings is 1. The molecule has 1 aliphatic rings. The topological polar surface area (TPSA) is 12.5 Å². The summed E-state index contributed by atoms with van der Waals surface area (Å²) in [7, 11) is 2.17. The van der Waals surface area contributed by atoms with Crippen LogP contribution in [-0.2, 0) is 11.2 Å². The molecule has 0 radical (unpaired) electrons. The van der Waals surface area contributed by atoms with Gasteiger partial charge in [-0.05, 0) is 36.0 Å². The van der Waals surface area contributed by atoms with Crippen LogP contribution in [-0.4, -0.2) is 31.6 Å². The summed E-state index contributed by atoms with van der Waals surface area (Å²) in [6.45, 7) is 2.89. The molecule has 100 valence electrons. The Morgan fingerprint density at radius 3 is 2.84 bits per heavy atom. The van der Waals surface area contributed by atoms with Gasteiger partial charge in [-0.2, -0.15) is 0 Å². The standard InChI is InChI=1S/C16H19NOS/c1-17-9-7-15-14(8-12-19-15)16(18-11-10-17)13-5-3-2-4-6-13/h2-6,8,12,16H,7,9-11H2,1H3. The molecule has 3 rings (SSSR count). The van der Waals surface area contributed by atoms with Gasteiger partial charge in [0.15, 0.2) is 0 Å². The molecule has 0 aliphatic carbocycles. The quantitative estimate of drug-likeness (QED) is 0.790. The van der Waals surface area contributed by atoms with Gasteiger partial charge in [0.2, 0.25) is 0 Å². The summed E-state index contributed by atoms with van der Waals surface area (Å²) < 4.78 is 6.17. The van der Waals surface area contributed by atoms with Crippen molar-refractivity contribution in [1.82, 2.24) is 4.90 Å². The summed E-state index contributed by atoms with van der Waals surface area (Å²) in [5.41, 5.74) is 2.61. The number of hydrogen-bond acceptors (Lipinski definition) is 3. The molecule has 0 spiro atoms. The molecule has 1 aliphatic heterocycles. The van der Waals surface area contributed by atoms with Crippen molar-refractivity contribution in [2.75, 3.05) is 26.7 Å². The van der Waals surface area contributed by atoms with E-state index in [4.69, 9.17) is 4.74 Å². The largest absolute Gasteiger partial charge is 0.367 e. The molecule has 0 saturated carbocycles. The van der Waals surface area contributed by atoms with Gasteiger partial charge in [-0.25, -0.2) is 0 Å². The molecule has 0 fully saturated rings. The molecule has 2 heterocycles. The van der Waals surface area contributed by atoms with Crippen molar-refractivity contribution in [2.45, 2.75) is 12.5 Å². The molecule has 0 N–H and O–H groups in total. The molecule has 1 aromatic heterocycles. The predicted octanol–water partition coefficient (Wildman–Crippen LogP) is 3.34. The molecule has 0 saturated heterocycles. The van der Waals surface area contributed by atoms with Crippen molar-refractivity contribution < 1.29 is 4.74 Å². The maximum absolute atomic E-state index is 6.17. The second kappa shape index (κ2) is 5.87. The minimum atomic E-state index is 0.0916. The summed E-state index contributed by atoms with van der Waals surface area (Å²) in [5.74, 6) is 0. The Morgan fingerprint density at radius 1 is 1.16 bits per heavy atom. The maximum atomic E-state index is 6.17. The minimum absolute atomic E-state index is 0.0916. The van der Waals surface area contributed by atoms with Gasteiger partial charge >= 0.3 is 0 Å². The van der Waals surface area contributed by atoms with E-state index in [0.717, 1.165) is 26.1 Å². The predicted molar refractivity (Wildman–Crippen MR) is 79.8 cm³/mol. The average Bonchev–Trinajstić information content (AvgIpc) is 2.91. The highest BCUT2D eigenvalue weighted by Gasteiger charge is 2.21. The highest BCUT2D eigenvalue weighted by Crippen LogP contribution is 2.32. The third-order valence-corrected chi connectivity index (χ3v) is 4.64. The molecule has 1 aromatic carbocycles. The van der Waals surface area contributed by atoms with Gasteiger partial charge in [-0.15, -0.1) is 11.3 Å². The second-order valence-electron chi connectivity index (χ2n) is 5.01. The second-order valence-corrected chi connectivity index (χ2v) is 6.01.